The van der Waals surface area contributed by atoms with Gasteiger partial charge < -0.3 is 9.84 Å². The van der Waals surface area contributed by atoms with Crippen LogP contribution in [0.3, 0.4) is 0 Å². The van der Waals surface area contributed by atoms with E-state index in [0.29, 0.717) is 13.2 Å². The summed E-state index contributed by atoms with van der Waals surface area (Å²) in [5, 5.41) is 9.15. The third kappa shape index (κ3) is 1.92. The molecule has 0 bridgehead atoms. The molecule has 0 unspecified atom stereocenters. The Hall–Kier alpha value is -1.71. The molecule has 3 heteroatoms. The van der Waals surface area contributed by atoms with Crippen molar-refractivity contribution in [2.75, 3.05) is 0 Å². The molecular weight excluding hydrogens is 231 g/mol. The van der Waals surface area contributed by atoms with Crippen LogP contribution in [0.25, 0.3) is 11.1 Å². The van der Waals surface area contributed by atoms with Crippen molar-refractivity contribution in [2.45, 2.75) is 19.8 Å². The molecule has 2 nitrogen and oxygen atoms in total. The smallest absolute Gasteiger partial charge is 0.123 e. The van der Waals surface area contributed by atoms with Gasteiger partial charge in [-0.2, -0.15) is 0 Å². The summed E-state index contributed by atoms with van der Waals surface area (Å²) in [6, 6.07) is 10.6. The fourth-order valence-corrected chi connectivity index (χ4v) is 2.34. The summed E-state index contributed by atoms with van der Waals surface area (Å²) >= 11 is 0. The monoisotopic (exact) mass is 244 g/mol. The highest BCUT2D eigenvalue weighted by molar-refractivity contribution is 5.71. The minimum absolute atomic E-state index is 0.0174. The van der Waals surface area contributed by atoms with Gasteiger partial charge in [-0.3, -0.25) is 0 Å². The highest BCUT2D eigenvalue weighted by atomic mass is 19.1. The summed E-state index contributed by atoms with van der Waals surface area (Å²) in [4.78, 5) is 0. The summed E-state index contributed by atoms with van der Waals surface area (Å²) in [6.07, 6.45) is 0. The van der Waals surface area contributed by atoms with Crippen molar-refractivity contribution in [3.8, 4) is 11.1 Å². The first kappa shape index (κ1) is 11.4. The van der Waals surface area contributed by atoms with E-state index in [1.807, 2.05) is 18.2 Å². The Morgan fingerprint density at radius 3 is 2.39 bits per heavy atom. The summed E-state index contributed by atoms with van der Waals surface area (Å²) < 4.78 is 18.8. The van der Waals surface area contributed by atoms with Gasteiger partial charge in [-0.1, -0.05) is 24.3 Å². The van der Waals surface area contributed by atoms with E-state index in [2.05, 4.69) is 0 Å². The lowest BCUT2D eigenvalue weighted by Gasteiger charge is -2.09. The minimum Gasteiger partial charge on any atom is -0.392 e. The van der Waals surface area contributed by atoms with Gasteiger partial charge in [0.15, 0.2) is 0 Å². The molecule has 0 spiro atoms. The van der Waals surface area contributed by atoms with E-state index in [1.54, 1.807) is 6.07 Å². The third-order valence-corrected chi connectivity index (χ3v) is 3.22. The molecule has 18 heavy (non-hydrogen) atoms. The van der Waals surface area contributed by atoms with Gasteiger partial charge in [0.25, 0.3) is 0 Å². The number of halogens is 1. The number of hydrogen-bond donors (Lipinski definition) is 1. The van der Waals surface area contributed by atoms with Gasteiger partial charge in [0.1, 0.15) is 5.82 Å². The molecule has 0 atom stereocenters. The average Bonchev–Trinajstić information content (AvgIpc) is 2.56. The van der Waals surface area contributed by atoms with Crippen LogP contribution in [0.2, 0.25) is 0 Å². The predicted octanol–water partition coefficient (Wildman–Crippen LogP) is 3.02. The normalized spacial score (nSPS) is 13.7. The number of benzene rings is 2. The van der Waals surface area contributed by atoms with Crippen LogP contribution in [0, 0.1) is 5.82 Å². The van der Waals surface area contributed by atoms with E-state index < -0.39 is 0 Å². The van der Waals surface area contributed by atoms with E-state index >= 15 is 0 Å². The zero-order valence-electron chi connectivity index (χ0n) is 9.82. The predicted molar refractivity (Wildman–Crippen MR) is 66.3 cm³/mol. The van der Waals surface area contributed by atoms with Crippen molar-refractivity contribution in [1.29, 1.82) is 0 Å². The van der Waals surface area contributed by atoms with Crippen LogP contribution in [-0.2, 0) is 24.6 Å². The van der Waals surface area contributed by atoms with Crippen LogP contribution in [0.5, 0.6) is 0 Å². The first-order valence-corrected chi connectivity index (χ1v) is 5.87. The fraction of sp³-hybridized carbons (Fsp3) is 0.200. The van der Waals surface area contributed by atoms with Crippen LogP contribution in [-0.4, -0.2) is 5.11 Å². The zero-order chi connectivity index (χ0) is 12.5. The van der Waals surface area contributed by atoms with Crippen molar-refractivity contribution in [3.05, 3.63) is 58.9 Å². The van der Waals surface area contributed by atoms with Gasteiger partial charge in [-0.25, -0.2) is 4.39 Å². The quantitative estimate of drug-likeness (QED) is 0.835. The molecule has 0 fully saturated rings. The lowest BCUT2D eigenvalue weighted by atomic mass is 9.95. The molecular formula is C15H13FO2. The molecule has 1 N–H and O–H groups in total. The van der Waals surface area contributed by atoms with Crippen molar-refractivity contribution in [1.82, 2.24) is 0 Å². The SMILES string of the molecule is OCc1ccc2c(c1)COCc1cc(F)ccc1-2. The Bertz CT molecular complexity index is 593. The summed E-state index contributed by atoms with van der Waals surface area (Å²) in [5.41, 5.74) is 4.83. The molecule has 0 aromatic heterocycles. The maximum atomic E-state index is 13.2. The number of hydrogen-bond acceptors (Lipinski definition) is 2. The lowest BCUT2D eigenvalue weighted by molar-refractivity contribution is 0.109. The molecule has 1 heterocycles. The molecule has 0 radical (unpaired) electrons. The van der Waals surface area contributed by atoms with Crippen LogP contribution in [0.15, 0.2) is 36.4 Å². The fourth-order valence-electron chi connectivity index (χ4n) is 2.34. The van der Waals surface area contributed by atoms with Gasteiger partial charge in [0.05, 0.1) is 19.8 Å². The summed E-state index contributed by atoms with van der Waals surface area (Å²) in [5.74, 6) is -0.243. The van der Waals surface area contributed by atoms with E-state index in [9.17, 15) is 4.39 Å². The van der Waals surface area contributed by atoms with E-state index in [-0.39, 0.29) is 12.4 Å². The molecule has 0 saturated carbocycles. The first-order valence-electron chi connectivity index (χ1n) is 5.87. The zero-order valence-corrected chi connectivity index (χ0v) is 9.82. The molecule has 2 aromatic rings. The Kier molecular flexibility index (Phi) is 2.86. The molecule has 3 rings (SSSR count). The Morgan fingerprint density at radius 1 is 1.00 bits per heavy atom. The number of rotatable bonds is 1. The summed E-state index contributed by atoms with van der Waals surface area (Å²) in [6.45, 7) is 0.916. The van der Waals surface area contributed by atoms with Gasteiger partial charge in [0.2, 0.25) is 0 Å². The highest BCUT2D eigenvalue weighted by Crippen LogP contribution is 2.32. The maximum Gasteiger partial charge on any atom is 0.123 e. The van der Waals surface area contributed by atoms with Gasteiger partial charge in [-0.15, -0.1) is 0 Å². The van der Waals surface area contributed by atoms with Crippen molar-refractivity contribution in [3.63, 3.8) is 0 Å². The molecule has 1 aliphatic heterocycles. The van der Waals surface area contributed by atoms with Crippen molar-refractivity contribution >= 4 is 0 Å². The van der Waals surface area contributed by atoms with Gasteiger partial charge >= 0.3 is 0 Å². The van der Waals surface area contributed by atoms with Crippen molar-refractivity contribution < 1.29 is 14.2 Å². The number of aliphatic hydroxyl groups excluding tert-OH is 1. The first-order chi connectivity index (χ1) is 8.78. The Labute approximate surface area is 105 Å². The second kappa shape index (κ2) is 4.52. The van der Waals surface area contributed by atoms with E-state index in [0.717, 1.165) is 27.8 Å². The summed E-state index contributed by atoms with van der Waals surface area (Å²) in [7, 11) is 0. The molecule has 1 aliphatic rings. The Morgan fingerprint density at radius 2 is 1.67 bits per heavy atom. The molecule has 0 saturated heterocycles. The standard InChI is InChI=1S/C15H13FO2/c16-13-2-4-15-12(6-13)9-18-8-11-5-10(7-17)1-3-14(11)15/h1-6,17H,7-9H2. The number of ether oxygens (including phenoxy) is 1. The van der Waals surface area contributed by atoms with Gasteiger partial charge in [-0.05, 0) is 39.9 Å². The third-order valence-electron chi connectivity index (χ3n) is 3.22. The topological polar surface area (TPSA) is 29.5 Å². The largest absolute Gasteiger partial charge is 0.392 e. The Balaban J connectivity index is 2.18. The molecule has 2 aromatic carbocycles. The van der Waals surface area contributed by atoms with Crippen LogP contribution >= 0.6 is 0 Å². The molecule has 0 aliphatic carbocycles. The van der Waals surface area contributed by atoms with Crippen LogP contribution in [0.1, 0.15) is 16.7 Å². The molecule has 0 amide bonds. The average molecular weight is 244 g/mol. The second-order valence-corrected chi connectivity index (χ2v) is 4.44. The number of aliphatic hydroxyl groups is 1. The van der Waals surface area contributed by atoms with Gasteiger partial charge in [0, 0.05) is 0 Å². The second-order valence-electron chi connectivity index (χ2n) is 4.44. The molecule has 92 valence electrons. The number of fused-ring (bicyclic) bond motifs is 3. The van der Waals surface area contributed by atoms with Crippen molar-refractivity contribution in [2.24, 2.45) is 0 Å². The maximum absolute atomic E-state index is 13.2. The van der Waals surface area contributed by atoms with E-state index in [1.165, 1.54) is 12.1 Å². The van der Waals surface area contributed by atoms with E-state index in [4.69, 9.17) is 9.84 Å². The minimum atomic E-state index is -0.243. The van der Waals surface area contributed by atoms with Crippen LogP contribution in [0.4, 0.5) is 4.39 Å². The highest BCUT2D eigenvalue weighted by Gasteiger charge is 2.15. The van der Waals surface area contributed by atoms with Crippen LogP contribution < -0.4 is 0 Å². The lowest BCUT2D eigenvalue weighted by Crippen LogP contribution is -1.92.